The van der Waals surface area contributed by atoms with Crippen LogP contribution in [0, 0.1) is 6.92 Å². The van der Waals surface area contributed by atoms with Crippen LogP contribution < -0.4 is 5.32 Å². The van der Waals surface area contributed by atoms with Crippen LogP contribution in [0.5, 0.6) is 0 Å². The fraction of sp³-hybridized carbons (Fsp3) is 0.684. The van der Waals surface area contributed by atoms with E-state index < -0.39 is 17.3 Å². The number of nitrogens with one attached hydrogen (secondary N) is 1. The molecule has 2 fully saturated rings. The lowest BCUT2D eigenvalue weighted by Crippen LogP contribution is -2.42. The van der Waals surface area contributed by atoms with Gasteiger partial charge in [0.15, 0.2) is 5.60 Å². The zero-order valence-corrected chi connectivity index (χ0v) is 16.7. The maximum atomic E-state index is 12.3. The van der Waals surface area contributed by atoms with Crippen molar-refractivity contribution in [1.29, 1.82) is 0 Å². The summed E-state index contributed by atoms with van der Waals surface area (Å²) in [5.41, 5.74) is 0.467. The van der Waals surface area contributed by atoms with Gasteiger partial charge in [-0.25, -0.2) is 19.6 Å². The SMILES string of the molecule is Cc1ncc(C2(C)CNC(=O)O2)c(C2CCN(C(=O)OC(C)(C)C)CC2)n1. The average Bonchev–Trinajstić information content (AvgIpc) is 2.93. The molecule has 1 aromatic heterocycles. The number of aryl methyl sites for hydroxylation is 1. The molecule has 3 heterocycles. The molecule has 2 aliphatic rings. The molecule has 148 valence electrons. The Morgan fingerprint density at radius 2 is 2.04 bits per heavy atom. The number of piperidine rings is 1. The molecule has 1 unspecified atom stereocenters. The maximum absolute atomic E-state index is 12.3. The van der Waals surface area contributed by atoms with Crippen LogP contribution in [-0.2, 0) is 15.1 Å². The molecule has 27 heavy (non-hydrogen) atoms. The van der Waals surface area contributed by atoms with Gasteiger partial charge in [0.1, 0.15) is 11.4 Å². The number of alkyl carbamates (subject to hydrolysis) is 1. The molecule has 0 aliphatic carbocycles. The molecule has 0 bridgehead atoms. The minimum Gasteiger partial charge on any atom is -0.444 e. The fourth-order valence-corrected chi connectivity index (χ4v) is 3.54. The highest BCUT2D eigenvalue weighted by Crippen LogP contribution is 2.37. The second-order valence-electron chi connectivity index (χ2n) is 8.43. The number of amides is 2. The molecule has 3 rings (SSSR count). The first kappa shape index (κ1) is 19.4. The Hall–Kier alpha value is -2.38. The van der Waals surface area contributed by atoms with E-state index in [4.69, 9.17) is 9.47 Å². The second-order valence-corrected chi connectivity index (χ2v) is 8.43. The van der Waals surface area contributed by atoms with Gasteiger partial charge in [-0.15, -0.1) is 0 Å². The quantitative estimate of drug-likeness (QED) is 0.853. The van der Waals surface area contributed by atoms with E-state index in [0.29, 0.717) is 25.5 Å². The van der Waals surface area contributed by atoms with Crippen molar-refractivity contribution in [2.24, 2.45) is 0 Å². The molecule has 8 heteroatoms. The summed E-state index contributed by atoms with van der Waals surface area (Å²) in [6, 6.07) is 0. The molecule has 2 amide bonds. The maximum Gasteiger partial charge on any atom is 0.410 e. The molecule has 2 aliphatic heterocycles. The Morgan fingerprint density at radius 1 is 1.37 bits per heavy atom. The van der Waals surface area contributed by atoms with E-state index in [-0.39, 0.29) is 12.0 Å². The zero-order chi connectivity index (χ0) is 19.8. The van der Waals surface area contributed by atoms with E-state index >= 15 is 0 Å². The van der Waals surface area contributed by atoms with Crippen LogP contribution in [0.2, 0.25) is 0 Å². The fourth-order valence-electron chi connectivity index (χ4n) is 3.54. The zero-order valence-electron chi connectivity index (χ0n) is 16.7. The molecule has 2 saturated heterocycles. The normalized spacial score (nSPS) is 23.7. The number of carbonyl (C=O) groups is 2. The first-order valence-corrected chi connectivity index (χ1v) is 9.36. The third-order valence-electron chi connectivity index (χ3n) is 4.93. The summed E-state index contributed by atoms with van der Waals surface area (Å²) in [5, 5.41) is 2.71. The van der Waals surface area contributed by atoms with Gasteiger partial charge in [0.05, 0.1) is 12.2 Å². The van der Waals surface area contributed by atoms with Gasteiger partial charge in [0.2, 0.25) is 0 Å². The van der Waals surface area contributed by atoms with Crippen molar-refractivity contribution < 1.29 is 19.1 Å². The largest absolute Gasteiger partial charge is 0.444 e. The molecule has 1 atom stereocenters. The average molecular weight is 376 g/mol. The van der Waals surface area contributed by atoms with Gasteiger partial charge in [0, 0.05) is 30.8 Å². The topological polar surface area (TPSA) is 93.7 Å². The van der Waals surface area contributed by atoms with E-state index in [0.717, 1.165) is 24.1 Å². The van der Waals surface area contributed by atoms with E-state index in [1.54, 1.807) is 11.1 Å². The summed E-state index contributed by atoms with van der Waals surface area (Å²) in [6.07, 6.45) is 2.61. The lowest BCUT2D eigenvalue weighted by molar-refractivity contribution is 0.0200. The minimum atomic E-state index is -0.775. The van der Waals surface area contributed by atoms with E-state index in [1.807, 2.05) is 34.6 Å². The highest BCUT2D eigenvalue weighted by molar-refractivity contribution is 5.70. The van der Waals surface area contributed by atoms with E-state index in [1.165, 1.54) is 0 Å². The first-order chi connectivity index (χ1) is 12.6. The number of rotatable bonds is 2. The molecule has 0 radical (unpaired) electrons. The molecule has 0 spiro atoms. The summed E-state index contributed by atoms with van der Waals surface area (Å²) >= 11 is 0. The van der Waals surface area contributed by atoms with Gasteiger partial charge in [-0.05, 0) is 47.5 Å². The van der Waals surface area contributed by atoms with Crippen LogP contribution in [0.1, 0.15) is 63.5 Å². The number of carbonyl (C=O) groups excluding carboxylic acids is 2. The highest BCUT2D eigenvalue weighted by Gasteiger charge is 2.41. The van der Waals surface area contributed by atoms with Crippen molar-refractivity contribution in [3.8, 4) is 0 Å². The number of likely N-dealkylation sites (tertiary alicyclic amines) is 1. The Labute approximate surface area is 159 Å². The van der Waals surface area contributed by atoms with Crippen molar-refractivity contribution in [3.63, 3.8) is 0 Å². The van der Waals surface area contributed by atoms with Gasteiger partial charge in [-0.3, -0.25) is 0 Å². The number of ether oxygens (including phenoxy) is 2. The number of aromatic nitrogens is 2. The van der Waals surface area contributed by atoms with E-state index in [2.05, 4.69) is 15.3 Å². The lowest BCUT2D eigenvalue weighted by atomic mass is 9.85. The Kier molecular flexibility index (Phi) is 5.01. The van der Waals surface area contributed by atoms with Gasteiger partial charge in [-0.1, -0.05) is 0 Å². The van der Waals surface area contributed by atoms with Crippen molar-refractivity contribution in [2.45, 2.75) is 64.6 Å². The molecule has 8 nitrogen and oxygen atoms in total. The van der Waals surface area contributed by atoms with Crippen molar-refractivity contribution >= 4 is 12.2 Å². The van der Waals surface area contributed by atoms with Gasteiger partial charge < -0.3 is 19.7 Å². The summed E-state index contributed by atoms with van der Waals surface area (Å²) < 4.78 is 11.0. The van der Waals surface area contributed by atoms with Crippen molar-refractivity contribution in [1.82, 2.24) is 20.2 Å². The number of hydrogen-bond donors (Lipinski definition) is 1. The molecular weight excluding hydrogens is 348 g/mol. The third kappa shape index (κ3) is 4.31. The smallest absolute Gasteiger partial charge is 0.410 e. The number of nitrogens with zero attached hydrogens (tertiary/aromatic N) is 3. The third-order valence-corrected chi connectivity index (χ3v) is 4.93. The van der Waals surface area contributed by atoms with Crippen LogP contribution in [0.4, 0.5) is 9.59 Å². The van der Waals surface area contributed by atoms with Crippen LogP contribution in [-0.4, -0.2) is 52.3 Å². The van der Waals surface area contributed by atoms with Crippen LogP contribution in [0.25, 0.3) is 0 Å². The van der Waals surface area contributed by atoms with Crippen LogP contribution in [0.15, 0.2) is 6.20 Å². The number of hydrogen-bond acceptors (Lipinski definition) is 6. The van der Waals surface area contributed by atoms with E-state index in [9.17, 15) is 9.59 Å². The second kappa shape index (κ2) is 6.98. The minimum absolute atomic E-state index is 0.177. The van der Waals surface area contributed by atoms with Crippen LogP contribution in [0.3, 0.4) is 0 Å². The molecule has 0 aromatic carbocycles. The van der Waals surface area contributed by atoms with Gasteiger partial charge in [0.25, 0.3) is 0 Å². The lowest BCUT2D eigenvalue weighted by Gasteiger charge is -2.35. The highest BCUT2D eigenvalue weighted by atomic mass is 16.6. The van der Waals surface area contributed by atoms with Gasteiger partial charge in [-0.2, -0.15) is 0 Å². The predicted molar refractivity (Wildman–Crippen MR) is 98.4 cm³/mol. The Balaban J connectivity index is 1.76. The van der Waals surface area contributed by atoms with Crippen molar-refractivity contribution in [2.75, 3.05) is 19.6 Å². The summed E-state index contributed by atoms with van der Waals surface area (Å²) in [5.74, 6) is 0.862. The Morgan fingerprint density at radius 3 is 2.59 bits per heavy atom. The Bertz CT molecular complexity index is 738. The number of cyclic esters (lactones) is 1. The summed E-state index contributed by atoms with van der Waals surface area (Å²) in [7, 11) is 0. The standard InChI is InChI=1S/C19H28N4O4/c1-12-20-10-14(19(5)11-21-16(24)26-19)15(22-12)13-6-8-23(9-7-13)17(25)27-18(2,3)4/h10,13H,6-9,11H2,1-5H3,(H,21,24). The predicted octanol–water partition coefficient (Wildman–Crippen LogP) is 2.85. The van der Waals surface area contributed by atoms with Crippen molar-refractivity contribution in [3.05, 3.63) is 23.3 Å². The summed E-state index contributed by atoms with van der Waals surface area (Å²) in [4.78, 5) is 34.6. The molecule has 1 aromatic rings. The molecular formula is C19H28N4O4. The summed E-state index contributed by atoms with van der Waals surface area (Å²) in [6.45, 7) is 10.9. The first-order valence-electron chi connectivity index (χ1n) is 9.36. The molecule has 1 N–H and O–H groups in total. The molecule has 0 saturated carbocycles. The monoisotopic (exact) mass is 376 g/mol. The van der Waals surface area contributed by atoms with Gasteiger partial charge >= 0.3 is 12.2 Å². The van der Waals surface area contributed by atoms with Crippen LogP contribution >= 0.6 is 0 Å².